The van der Waals surface area contributed by atoms with Crippen LogP contribution in [0.4, 0.5) is 0 Å². The first-order chi connectivity index (χ1) is 32.0. The van der Waals surface area contributed by atoms with Gasteiger partial charge in [-0.25, -0.2) is 0 Å². The third-order valence-electron chi connectivity index (χ3n) is 13.8. The van der Waals surface area contributed by atoms with Crippen molar-refractivity contribution in [3.05, 3.63) is 194 Å². The number of pyridine rings is 3. The van der Waals surface area contributed by atoms with Gasteiger partial charge >= 0.3 is 0 Å². The monoisotopic (exact) mass is 838 g/mol. The van der Waals surface area contributed by atoms with E-state index in [1.807, 2.05) is 49.1 Å². The summed E-state index contributed by atoms with van der Waals surface area (Å²) in [6.07, 6.45) is 19.7. The number of fused-ring (bicyclic) bond motifs is 9. The molecule has 5 aromatic carbocycles. The van der Waals surface area contributed by atoms with Crippen LogP contribution in [-0.2, 0) is 0 Å². The molecule has 1 aliphatic heterocycles. The van der Waals surface area contributed by atoms with Gasteiger partial charge in [-0.2, -0.15) is 0 Å². The predicted molar refractivity (Wildman–Crippen MR) is 267 cm³/mol. The second kappa shape index (κ2) is 14.4. The summed E-state index contributed by atoms with van der Waals surface area (Å²) >= 11 is 0. The van der Waals surface area contributed by atoms with E-state index in [4.69, 9.17) is 19.4 Å². The van der Waals surface area contributed by atoms with Crippen molar-refractivity contribution in [2.45, 2.75) is 25.8 Å². The van der Waals surface area contributed by atoms with Crippen LogP contribution < -0.4 is 0 Å². The van der Waals surface area contributed by atoms with Gasteiger partial charge in [-0.3, -0.25) is 19.9 Å². The molecule has 0 amide bonds. The Labute approximate surface area is 375 Å². The van der Waals surface area contributed by atoms with Gasteiger partial charge < -0.3 is 13.6 Å². The summed E-state index contributed by atoms with van der Waals surface area (Å²) in [4.78, 5) is 19.7. The van der Waals surface area contributed by atoms with E-state index >= 15 is 0 Å². The van der Waals surface area contributed by atoms with Crippen molar-refractivity contribution in [1.82, 2.24) is 24.1 Å². The molecule has 7 heteroatoms. The Hall–Kier alpha value is -8.16. The molecule has 11 aromatic rings. The number of aromatic nitrogens is 5. The normalized spacial score (nSPS) is 18.5. The molecular formula is C58H42N6O. The fourth-order valence-corrected chi connectivity index (χ4v) is 10.9. The summed E-state index contributed by atoms with van der Waals surface area (Å²) in [5.41, 5.74) is 16.6. The standard InChI is InChI=1S/C58H42N6O/c1-36-12-9-15-42(55(36)58(2)27-6-8-31-62-58)38-20-24-50-47(33-38)57-52(18-11-30-61-57)64(50)40-22-26-54-45(35-40)44-34-39(21-25-53(44)65-54)63-49-23-19-37(32-46(49)56-51(63)17-10-29-60-56)41-13-3-4-14-43(41)48-16-5-7-28-59-48/h3-26,28-36,55H,27H2,1-2H3. The number of allylic oxidation sites excluding steroid dienone is 4. The smallest absolute Gasteiger partial charge is 0.135 e. The Morgan fingerprint density at radius 1 is 0.569 bits per heavy atom. The maximum Gasteiger partial charge on any atom is 0.135 e. The Morgan fingerprint density at radius 3 is 1.85 bits per heavy atom. The van der Waals surface area contributed by atoms with Crippen molar-refractivity contribution in [3.63, 3.8) is 0 Å². The fourth-order valence-electron chi connectivity index (χ4n) is 10.9. The Bertz CT molecular complexity index is 3860. The van der Waals surface area contributed by atoms with Gasteiger partial charge in [-0.15, -0.1) is 0 Å². The fraction of sp³-hybridized carbons (Fsp3) is 0.103. The Morgan fingerprint density at radius 2 is 1.20 bits per heavy atom. The summed E-state index contributed by atoms with van der Waals surface area (Å²) in [6.45, 7) is 4.62. The van der Waals surface area contributed by atoms with Gasteiger partial charge in [-0.05, 0) is 145 Å². The van der Waals surface area contributed by atoms with Crippen molar-refractivity contribution in [2.75, 3.05) is 0 Å². The molecule has 13 rings (SSSR count). The molecular weight excluding hydrogens is 797 g/mol. The third-order valence-corrected chi connectivity index (χ3v) is 13.8. The summed E-state index contributed by atoms with van der Waals surface area (Å²) in [5, 5.41) is 4.31. The van der Waals surface area contributed by atoms with Crippen LogP contribution in [-0.4, -0.2) is 35.8 Å². The first-order valence-electron chi connectivity index (χ1n) is 22.4. The highest BCUT2D eigenvalue weighted by Gasteiger charge is 2.40. The van der Waals surface area contributed by atoms with E-state index in [0.717, 1.165) is 106 Å². The molecule has 0 radical (unpaired) electrons. The molecule has 0 saturated heterocycles. The van der Waals surface area contributed by atoms with Crippen LogP contribution in [0.15, 0.2) is 198 Å². The highest BCUT2D eigenvalue weighted by molar-refractivity contribution is 6.12. The summed E-state index contributed by atoms with van der Waals surface area (Å²) in [7, 11) is 0. The minimum Gasteiger partial charge on any atom is -0.456 e. The van der Waals surface area contributed by atoms with E-state index in [9.17, 15) is 0 Å². The lowest BCUT2D eigenvalue weighted by atomic mass is 9.67. The van der Waals surface area contributed by atoms with Crippen LogP contribution >= 0.6 is 0 Å². The molecule has 7 heterocycles. The molecule has 3 unspecified atom stereocenters. The molecule has 3 atom stereocenters. The third kappa shape index (κ3) is 5.82. The number of furan rings is 1. The van der Waals surface area contributed by atoms with Crippen molar-refractivity contribution in [1.29, 1.82) is 0 Å². The molecule has 65 heavy (non-hydrogen) atoms. The molecule has 0 saturated carbocycles. The minimum atomic E-state index is -0.218. The van der Waals surface area contributed by atoms with Gasteiger partial charge in [-0.1, -0.05) is 73.7 Å². The largest absolute Gasteiger partial charge is 0.456 e. The number of rotatable bonds is 6. The molecule has 0 spiro atoms. The Balaban J connectivity index is 0.937. The topological polar surface area (TPSA) is 74.0 Å². The lowest BCUT2D eigenvalue weighted by Crippen LogP contribution is -2.38. The average Bonchev–Trinajstić information content (AvgIpc) is 4.01. The van der Waals surface area contributed by atoms with Crippen LogP contribution in [0.5, 0.6) is 0 Å². The first-order valence-corrected chi connectivity index (χ1v) is 22.4. The van der Waals surface area contributed by atoms with E-state index in [2.05, 4.69) is 174 Å². The number of benzene rings is 5. The minimum absolute atomic E-state index is 0.218. The van der Waals surface area contributed by atoms with E-state index < -0.39 is 0 Å². The van der Waals surface area contributed by atoms with E-state index in [1.165, 1.54) is 11.1 Å². The summed E-state index contributed by atoms with van der Waals surface area (Å²) < 4.78 is 11.2. The Kier molecular flexibility index (Phi) is 8.31. The zero-order chi connectivity index (χ0) is 43.2. The molecule has 310 valence electrons. The van der Waals surface area contributed by atoms with Crippen molar-refractivity contribution < 1.29 is 4.42 Å². The average molecular weight is 839 g/mol. The molecule has 0 bridgehead atoms. The zero-order valence-electron chi connectivity index (χ0n) is 35.9. The van der Waals surface area contributed by atoms with E-state index in [1.54, 1.807) is 0 Å². The molecule has 6 aromatic heterocycles. The van der Waals surface area contributed by atoms with Crippen LogP contribution in [0, 0.1) is 11.8 Å². The van der Waals surface area contributed by atoms with Gasteiger partial charge in [0.15, 0.2) is 0 Å². The lowest BCUT2D eigenvalue weighted by Gasteiger charge is -2.40. The highest BCUT2D eigenvalue weighted by atomic mass is 16.3. The number of dihydropyridines is 1. The molecule has 0 N–H and O–H groups in total. The van der Waals surface area contributed by atoms with Crippen molar-refractivity contribution >= 4 is 77.6 Å². The first kappa shape index (κ1) is 37.4. The van der Waals surface area contributed by atoms with Crippen molar-refractivity contribution in [2.24, 2.45) is 16.8 Å². The van der Waals surface area contributed by atoms with Gasteiger partial charge in [0.1, 0.15) is 11.2 Å². The quantitative estimate of drug-likeness (QED) is 0.167. The van der Waals surface area contributed by atoms with Crippen LogP contribution in [0.3, 0.4) is 0 Å². The second-order valence-electron chi connectivity index (χ2n) is 17.7. The summed E-state index contributed by atoms with van der Waals surface area (Å²) in [6, 6.07) is 49.6. The van der Waals surface area contributed by atoms with Gasteiger partial charge in [0.2, 0.25) is 0 Å². The maximum atomic E-state index is 6.55. The molecule has 7 nitrogen and oxygen atoms in total. The maximum absolute atomic E-state index is 6.55. The molecule has 2 aliphatic rings. The molecule has 0 fully saturated rings. The van der Waals surface area contributed by atoms with Crippen LogP contribution in [0.25, 0.3) is 105 Å². The van der Waals surface area contributed by atoms with Gasteiger partial charge in [0, 0.05) is 69.2 Å². The number of nitrogens with zero attached hydrogens (tertiary/aromatic N) is 6. The lowest BCUT2D eigenvalue weighted by molar-refractivity contribution is 0.310. The van der Waals surface area contributed by atoms with E-state index in [0.29, 0.717) is 5.92 Å². The highest BCUT2D eigenvalue weighted by Crippen LogP contribution is 2.46. The second-order valence-corrected chi connectivity index (χ2v) is 17.7. The predicted octanol–water partition coefficient (Wildman–Crippen LogP) is 14.3. The van der Waals surface area contributed by atoms with Crippen LogP contribution in [0.2, 0.25) is 0 Å². The summed E-state index contributed by atoms with van der Waals surface area (Å²) in [5.74, 6) is 0.590. The number of aliphatic imine (C=N–C) groups is 1. The van der Waals surface area contributed by atoms with Crippen LogP contribution in [0.1, 0.15) is 25.8 Å². The molecule has 1 aliphatic carbocycles. The van der Waals surface area contributed by atoms with Crippen molar-refractivity contribution in [3.8, 4) is 33.8 Å². The van der Waals surface area contributed by atoms with Gasteiger partial charge in [0.05, 0.1) is 44.3 Å². The SMILES string of the molecule is CC1C=CC=C(c2ccc3c(c2)c2ncccc2n3-c2ccc3oc4ccc(-n5c6ccc(-c7ccccc7-c7ccccn7)cc6c6ncccc65)cc4c3c2)C1C1(C)CC=CC=N1. The van der Waals surface area contributed by atoms with Gasteiger partial charge in [0.25, 0.3) is 0 Å². The van der Waals surface area contributed by atoms with E-state index in [-0.39, 0.29) is 11.5 Å². The zero-order valence-corrected chi connectivity index (χ0v) is 35.9. The number of hydrogen-bond donors (Lipinski definition) is 0. The number of hydrogen-bond acceptors (Lipinski definition) is 5.